The molecule has 0 saturated carbocycles. The van der Waals surface area contributed by atoms with Gasteiger partial charge in [-0.05, 0) is 35.4 Å². The minimum Gasteiger partial charge on any atom is -0.481 e. The molecule has 2 aromatic carbocycles. The van der Waals surface area contributed by atoms with Crippen molar-refractivity contribution < 1.29 is 14.3 Å². The minimum atomic E-state index is -1.00. The fraction of sp³-hybridized carbons (Fsp3) is 0.0714. The van der Waals surface area contributed by atoms with Gasteiger partial charge in [-0.15, -0.1) is 0 Å². The monoisotopic (exact) mass is 298 g/mol. The Labute approximate surface area is 119 Å². The summed E-state index contributed by atoms with van der Waals surface area (Å²) in [6, 6.07) is 8.80. The Morgan fingerprint density at radius 1 is 1.16 bits per heavy atom. The highest BCUT2D eigenvalue weighted by molar-refractivity contribution is 6.39. The van der Waals surface area contributed by atoms with Crippen molar-refractivity contribution in [1.82, 2.24) is 0 Å². The van der Waals surface area contributed by atoms with E-state index in [0.717, 1.165) is 0 Å². The Kier molecular flexibility index (Phi) is 4.08. The van der Waals surface area contributed by atoms with Gasteiger partial charge in [0.05, 0.1) is 6.42 Å². The molecule has 0 aliphatic rings. The standard InChI is InChI=1S/C14H9Cl2FO2/c15-11-2-1-3-12(16)14(11)10-7-9(17)5-4-8(10)6-13(18)19/h1-5,7H,6H2,(H,18,19). The van der Waals surface area contributed by atoms with Gasteiger partial charge in [0.1, 0.15) is 5.82 Å². The molecule has 2 aromatic rings. The SMILES string of the molecule is O=C(O)Cc1ccc(F)cc1-c1c(Cl)cccc1Cl. The summed E-state index contributed by atoms with van der Waals surface area (Å²) in [4.78, 5) is 10.8. The number of carboxylic acid groups (broad SMARTS) is 1. The number of carboxylic acids is 1. The maximum Gasteiger partial charge on any atom is 0.307 e. The number of carbonyl (C=O) groups is 1. The molecule has 2 nitrogen and oxygen atoms in total. The average Bonchev–Trinajstić information content (AvgIpc) is 2.31. The highest BCUT2D eigenvalue weighted by Gasteiger charge is 2.15. The molecule has 98 valence electrons. The van der Waals surface area contributed by atoms with Crippen LogP contribution in [0.1, 0.15) is 5.56 Å². The van der Waals surface area contributed by atoms with Crippen LogP contribution in [-0.2, 0) is 11.2 Å². The van der Waals surface area contributed by atoms with E-state index in [1.807, 2.05) is 0 Å². The maximum absolute atomic E-state index is 13.4. The number of aliphatic carboxylic acids is 1. The van der Waals surface area contributed by atoms with E-state index in [1.54, 1.807) is 18.2 Å². The molecule has 0 amide bonds. The predicted octanol–water partition coefficient (Wildman–Crippen LogP) is 4.43. The zero-order valence-corrected chi connectivity index (χ0v) is 11.2. The molecule has 0 radical (unpaired) electrons. The van der Waals surface area contributed by atoms with Crippen molar-refractivity contribution in [2.75, 3.05) is 0 Å². The lowest BCUT2D eigenvalue weighted by molar-refractivity contribution is -0.136. The first kappa shape index (κ1) is 13.8. The lowest BCUT2D eigenvalue weighted by Crippen LogP contribution is -2.02. The molecular weight excluding hydrogens is 290 g/mol. The van der Waals surface area contributed by atoms with Gasteiger partial charge < -0.3 is 5.11 Å². The smallest absolute Gasteiger partial charge is 0.307 e. The third-order valence-electron chi connectivity index (χ3n) is 2.65. The summed E-state index contributed by atoms with van der Waals surface area (Å²) in [5.41, 5.74) is 1.31. The zero-order valence-electron chi connectivity index (χ0n) is 9.66. The minimum absolute atomic E-state index is 0.225. The molecule has 0 spiro atoms. The number of halogens is 3. The Balaban J connectivity index is 2.66. The van der Waals surface area contributed by atoms with E-state index in [0.29, 0.717) is 26.7 Å². The van der Waals surface area contributed by atoms with Crippen molar-refractivity contribution in [1.29, 1.82) is 0 Å². The summed E-state index contributed by atoms with van der Waals surface area (Å²) in [5, 5.41) is 9.59. The second kappa shape index (κ2) is 5.59. The molecule has 0 saturated heterocycles. The van der Waals surface area contributed by atoms with Gasteiger partial charge in [-0.1, -0.05) is 35.3 Å². The third-order valence-corrected chi connectivity index (χ3v) is 3.28. The van der Waals surface area contributed by atoms with E-state index in [-0.39, 0.29) is 6.42 Å². The third kappa shape index (κ3) is 3.06. The Morgan fingerprint density at radius 2 is 1.79 bits per heavy atom. The van der Waals surface area contributed by atoms with E-state index >= 15 is 0 Å². The van der Waals surface area contributed by atoms with Crippen molar-refractivity contribution in [3.8, 4) is 11.1 Å². The first-order chi connectivity index (χ1) is 8.99. The van der Waals surface area contributed by atoms with Crippen LogP contribution < -0.4 is 0 Å². The van der Waals surface area contributed by atoms with Gasteiger partial charge in [0, 0.05) is 15.6 Å². The lowest BCUT2D eigenvalue weighted by atomic mass is 9.97. The Hall–Kier alpha value is -1.58. The van der Waals surface area contributed by atoms with Crippen LogP contribution in [0.25, 0.3) is 11.1 Å². The summed E-state index contributed by atoms with van der Waals surface area (Å²) in [6.45, 7) is 0. The van der Waals surface area contributed by atoms with E-state index < -0.39 is 11.8 Å². The number of benzene rings is 2. The fourth-order valence-corrected chi connectivity index (χ4v) is 2.45. The van der Waals surface area contributed by atoms with Crippen LogP contribution in [0.5, 0.6) is 0 Å². The molecule has 5 heteroatoms. The van der Waals surface area contributed by atoms with Crippen molar-refractivity contribution >= 4 is 29.2 Å². The Bertz CT molecular complexity index is 621. The number of hydrogen-bond acceptors (Lipinski definition) is 1. The summed E-state index contributed by atoms with van der Waals surface area (Å²) in [5.74, 6) is -1.48. The van der Waals surface area contributed by atoms with Gasteiger partial charge in [0.2, 0.25) is 0 Å². The molecule has 0 aromatic heterocycles. The predicted molar refractivity (Wildman–Crippen MR) is 73.2 cm³/mol. The van der Waals surface area contributed by atoms with Gasteiger partial charge >= 0.3 is 5.97 Å². The molecule has 2 rings (SSSR count). The normalized spacial score (nSPS) is 10.5. The average molecular weight is 299 g/mol. The zero-order chi connectivity index (χ0) is 14.0. The van der Waals surface area contributed by atoms with E-state index in [2.05, 4.69) is 0 Å². The quantitative estimate of drug-likeness (QED) is 0.910. The van der Waals surface area contributed by atoms with Crippen molar-refractivity contribution in [2.24, 2.45) is 0 Å². The molecule has 0 aliphatic heterocycles. The maximum atomic E-state index is 13.4. The van der Waals surface area contributed by atoms with Crippen LogP contribution in [0, 0.1) is 5.82 Å². The largest absolute Gasteiger partial charge is 0.481 e. The molecule has 0 fully saturated rings. The molecular formula is C14H9Cl2FO2. The summed E-state index contributed by atoms with van der Waals surface area (Å²) < 4.78 is 13.4. The molecule has 0 atom stereocenters. The second-order valence-corrected chi connectivity index (χ2v) is 4.78. The summed E-state index contributed by atoms with van der Waals surface area (Å²) >= 11 is 12.1. The first-order valence-electron chi connectivity index (χ1n) is 5.43. The van der Waals surface area contributed by atoms with Gasteiger partial charge in [0.25, 0.3) is 0 Å². The van der Waals surface area contributed by atoms with Crippen LogP contribution in [0.15, 0.2) is 36.4 Å². The second-order valence-electron chi connectivity index (χ2n) is 3.97. The molecule has 1 N–H and O–H groups in total. The molecule has 0 unspecified atom stereocenters. The highest BCUT2D eigenvalue weighted by Crippen LogP contribution is 2.37. The van der Waals surface area contributed by atoms with Crippen molar-refractivity contribution in [3.63, 3.8) is 0 Å². The highest BCUT2D eigenvalue weighted by atomic mass is 35.5. The topological polar surface area (TPSA) is 37.3 Å². The molecule has 0 bridgehead atoms. The number of hydrogen-bond donors (Lipinski definition) is 1. The van der Waals surface area contributed by atoms with E-state index in [4.69, 9.17) is 28.3 Å². The van der Waals surface area contributed by atoms with Crippen LogP contribution in [0.4, 0.5) is 4.39 Å². The van der Waals surface area contributed by atoms with E-state index in [9.17, 15) is 9.18 Å². The van der Waals surface area contributed by atoms with E-state index in [1.165, 1.54) is 18.2 Å². The molecule has 0 aliphatic carbocycles. The van der Waals surface area contributed by atoms with Crippen LogP contribution in [0.3, 0.4) is 0 Å². The number of rotatable bonds is 3. The lowest BCUT2D eigenvalue weighted by Gasteiger charge is -2.11. The summed E-state index contributed by atoms with van der Waals surface area (Å²) in [6.07, 6.45) is -0.225. The van der Waals surface area contributed by atoms with Crippen molar-refractivity contribution in [2.45, 2.75) is 6.42 Å². The molecule has 19 heavy (non-hydrogen) atoms. The van der Waals surface area contributed by atoms with Gasteiger partial charge in [0.15, 0.2) is 0 Å². The van der Waals surface area contributed by atoms with Gasteiger partial charge in [-0.2, -0.15) is 0 Å². The van der Waals surface area contributed by atoms with Crippen molar-refractivity contribution in [3.05, 3.63) is 57.8 Å². The van der Waals surface area contributed by atoms with Gasteiger partial charge in [-0.3, -0.25) is 4.79 Å². The Morgan fingerprint density at radius 3 is 2.37 bits per heavy atom. The van der Waals surface area contributed by atoms with Crippen LogP contribution in [0.2, 0.25) is 10.0 Å². The van der Waals surface area contributed by atoms with Crippen LogP contribution >= 0.6 is 23.2 Å². The fourth-order valence-electron chi connectivity index (χ4n) is 1.85. The first-order valence-corrected chi connectivity index (χ1v) is 6.19. The van der Waals surface area contributed by atoms with Crippen LogP contribution in [-0.4, -0.2) is 11.1 Å². The molecule has 0 heterocycles. The van der Waals surface area contributed by atoms with Gasteiger partial charge in [-0.25, -0.2) is 4.39 Å². The summed E-state index contributed by atoms with van der Waals surface area (Å²) in [7, 11) is 0.